The lowest BCUT2D eigenvalue weighted by Gasteiger charge is -2.39. The minimum absolute atomic E-state index is 0.0459. The number of carbonyl (C=O) groups is 3. The second kappa shape index (κ2) is 8.58. The minimum Gasteiger partial charge on any atom is -0.369 e. The molecule has 1 atom stereocenters. The van der Waals surface area contributed by atoms with Gasteiger partial charge >= 0.3 is 0 Å². The Morgan fingerprint density at radius 3 is 2.52 bits per heavy atom. The predicted molar refractivity (Wildman–Crippen MR) is 104 cm³/mol. The average molecular weight is 423 g/mol. The van der Waals surface area contributed by atoms with E-state index in [4.69, 9.17) is 5.73 Å². The topological polar surface area (TPSA) is 140 Å². The van der Waals surface area contributed by atoms with Crippen molar-refractivity contribution >= 4 is 27.6 Å². The summed E-state index contributed by atoms with van der Waals surface area (Å²) in [5, 5.41) is 2.60. The van der Waals surface area contributed by atoms with Gasteiger partial charge < -0.3 is 11.1 Å². The van der Waals surface area contributed by atoms with Gasteiger partial charge in [0, 0.05) is 6.20 Å². The minimum atomic E-state index is -4.45. The Morgan fingerprint density at radius 2 is 1.90 bits per heavy atom. The van der Waals surface area contributed by atoms with Crippen molar-refractivity contribution in [3.8, 4) is 0 Å². The maximum atomic E-state index is 13.7. The Morgan fingerprint density at radius 1 is 1.17 bits per heavy atom. The fourth-order valence-corrected chi connectivity index (χ4v) is 5.71. The highest BCUT2D eigenvalue weighted by Gasteiger charge is 2.53. The van der Waals surface area contributed by atoms with E-state index in [0.29, 0.717) is 30.1 Å². The second-order valence-corrected chi connectivity index (χ2v) is 9.34. The van der Waals surface area contributed by atoms with Crippen LogP contribution in [0.1, 0.15) is 44.9 Å². The molecule has 2 amide bonds. The third-order valence-electron chi connectivity index (χ3n) is 5.73. The summed E-state index contributed by atoms with van der Waals surface area (Å²) in [5.74, 6) is -2.16. The van der Waals surface area contributed by atoms with Crippen LogP contribution in [0.4, 0.5) is 0 Å². The van der Waals surface area contributed by atoms with E-state index in [0.717, 1.165) is 6.42 Å². The van der Waals surface area contributed by atoms with Gasteiger partial charge in [-0.2, -0.15) is 8.42 Å². The second-order valence-electron chi connectivity index (χ2n) is 7.58. The van der Waals surface area contributed by atoms with Crippen molar-refractivity contribution in [3.63, 3.8) is 0 Å². The van der Waals surface area contributed by atoms with Crippen molar-refractivity contribution in [1.82, 2.24) is 14.6 Å². The number of nitrogens with zero attached hydrogens (tertiary/aromatic N) is 2. The molecule has 1 aliphatic carbocycles. The molecule has 158 valence electrons. The van der Waals surface area contributed by atoms with Crippen molar-refractivity contribution in [2.75, 3.05) is 13.1 Å². The molecule has 0 aromatic carbocycles. The third-order valence-corrected chi connectivity index (χ3v) is 7.44. The van der Waals surface area contributed by atoms with E-state index in [1.807, 2.05) is 0 Å². The predicted octanol–water partition coefficient (Wildman–Crippen LogP) is 0.356. The number of aromatic nitrogens is 1. The molecule has 10 heteroatoms. The van der Waals surface area contributed by atoms with Crippen molar-refractivity contribution < 1.29 is 22.8 Å². The van der Waals surface area contributed by atoms with Gasteiger partial charge in [0.1, 0.15) is 11.5 Å². The molecular weight excluding hydrogens is 396 g/mol. The number of hydrogen-bond acceptors (Lipinski definition) is 7. The van der Waals surface area contributed by atoms with Gasteiger partial charge in [-0.25, -0.2) is 9.29 Å². The first kappa shape index (κ1) is 21.4. The van der Waals surface area contributed by atoms with Crippen LogP contribution in [0.15, 0.2) is 29.4 Å². The summed E-state index contributed by atoms with van der Waals surface area (Å²) in [6, 6.07) is 3.12. The smallest absolute Gasteiger partial charge is 0.284 e. The SMILES string of the molecule is NC(=O)C1(C(=O)N([C@@H]2CCCNCC2=O)S(=O)(=O)c2ccccn2)CCCCC1. The lowest BCUT2D eigenvalue weighted by atomic mass is 9.72. The number of primary amides is 1. The number of pyridine rings is 1. The van der Waals surface area contributed by atoms with Crippen LogP contribution in [0.3, 0.4) is 0 Å². The monoisotopic (exact) mass is 422 g/mol. The van der Waals surface area contributed by atoms with Crippen LogP contribution in [0.2, 0.25) is 0 Å². The van der Waals surface area contributed by atoms with Gasteiger partial charge in [-0.3, -0.25) is 14.4 Å². The summed E-state index contributed by atoms with van der Waals surface area (Å²) in [4.78, 5) is 42.7. The first-order valence-electron chi connectivity index (χ1n) is 9.84. The molecule has 0 radical (unpaired) electrons. The molecule has 2 heterocycles. The van der Waals surface area contributed by atoms with Gasteiger partial charge in [-0.05, 0) is 44.4 Å². The van der Waals surface area contributed by atoms with E-state index in [2.05, 4.69) is 10.3 Å². The Hall–Kier alpha value is -2.33. The summed E-state index contributed by atoms with van der Waals surface area (Å²) in [7, 11) is -4.45. The van der Waals surface area contributed by atoms with Crippen LogP contribution in [-0.2, 0) is 24.4 Å². The summed E-state index contributed by atoms with van der Waals surface area (Å²) < 4.78 is 27.5. The number of Topliss-reactive ketones (excluding diaryl/α,β-unsaturated/α-hetero) is 1. The highest BCUT2D eigenvalue weighted by molar-refractivity contribution is 7.89. The Balaban J connectivity index is 2.13. The largest absolute Gasteiger partial charge is 0.369 e. The number of rotatable bonds is 5. The summed E-state index contributed by atoms with van der Waals surface area (Å²) >= 11 is 0. The van der Waals surface area contributed by atoms with E-state index in [-0.39, 0.29) is 30.8 Å². The lowest BCUT2D eigenvalue weighted by Crippen LogP contribution is -2.58. The quantitative estimate of drug-likeness (QED) is 0.653. The molecule has 1 saturated carbocycles. The summed E-state index contributed by atoms with van der Waals surface area (Å²) in [6.45, 7) is 0.491. The highest BCUT2D eigenvalue weighted by Crippen LogP contribution is 2.40. The normalized spacial score (nSPS) is 22.5. The van der Waals surface area contributed by atoms with Gasteiger partial charge in [0.25, 0.3) is 15.9 Å². The van der Waals surface area contributed by atoms with E-state index in [9.17, 15) is 22.8 Å². The first-order valence-corrected chi connectivity index (χ1v) is 11.3. The van der Waals surface area contributed by atoms with Crippen LogP contribution < -0.4 is 11.1 Å². The van der Waals surface area contributed by atoms with Gasteiger partial charge in [0.2, 0.25) is 5.91 Å². The molecule has 1 aromatic heterocycles. The van der Waals surface area contributed by atoms with Crippen LogP contribution >= 0.6 is 0 Å². The summed E-state index contributed by atoms with van der Waals surface area (Å²) in [5.41, 5.74) is 4.00. The molecule has 29 heavy (non-hydrogen) atoms. The molecule has 0 spiro atoms. The fraction of sp³-hybridized carbons (Fsp3) is 0.579. The molecule has 3 N–H and O–H groups in total. The number of amides is 2. The molecule has 2 fully saturated rings. The zero-order chi connectivity index (χ0) is 21.1. The number of nitrogens with two attached hydrogens (primary N) is 1. The zero-order valence-corrected chi connectivity index (χ0v) is 17.0. The molecule has 1 saturated heterocycles. The van der Waals surface area contributed by atoms with Crippen molar-refractivity contribution in [2.45, 2.75) is 56.0 Å². The highest BCUT2D eigenvalue weighted by atomic mass is 32.2. The van der Waals surface area contributed by atoms with Crippen LogP contribution in [0.25, 0.3) is 0 Å². The third kappa shape index (κ3) is 4.04. The Kier molecular flexibility index (Phi) is 6.33. The zero-order valence-electron chi connectivity index (χ0n) is 16.2. The maximum Gasteiger partial charge on any atom is 0.284 e. The number of sulfonamides is 1. The van der Waals surface area contributed by atoms with Crippen LogP contribution in [-0.4, -0.2) is 54.4 Å². The van der Waals surface area contributed by atoms with Crippen LogP contribution in [0, 0.1) is 5.41 Å². The average Bonchev–Trinajstić information content (AvgIpc) is 2.93. The molecule has 3 rings (SSSR count). The van der Waals surface area contributed by atoms with E-state index < -0.39 is 39.1 Å². The summed E-state index contributed by atoms with van der Waals surface area (Å²) in [6.07, 6.45) is 4.36. The van der Waals surface area contributed by atoms with Crippen LogP contribution in [0.5, 0.6) is 0 Å². The fourth-order valence-electron chi connectivity index (χ4n) is 4.11. The Bertz CT molecular complexity index is 881. The Labute approximate surface area is 170 Å². The molecule has 1 aromatic rings. The lowest BCUT2D eigenvalue weighted by molar-refractivity contribution is -0.151. The van der Waals surface area contributed by atoms with Crippen molar-refractivity contribution in [1.29, 1.82) is 0 Å². The molecule has 0 unspecified atom stereocenters. The molecule has 0 bridgehead atoms. The van der Waals surface area contributed by atoms with Crippen molar-refractivity contribution in [3.05, 3.63) is 24.4 Å². The maximum absolute atomic E-state index is 13.7. The number of carbonyl (C=O) groups excluding carboxylic acids is 3. The van der Waals surface area contributed by atoms with Gasteiger partial charge in [-0.15, -0.1) is 0 Å². The van der Waals surface area contributed by atoms with Gasteiger partial charge in [-0.1, -0.05) is 25.3 Å². The molecule has 1 aliphatic heterocycles. The van der Waals surface area contributed by atoms with Gasteiger partial charge in [0.05, 0.1) is 6.54 Å². The van der Waals surface area contributed by atoms with E-state index in [1.165, 1.54) is 18.3 Å². The number of ketones is 1. The number of hydrogen-bond donors (Lipinski definition) is 2. The first-order chi connectivity index (χ1) is 13.8. The van der Waals surface area contributed by atoms with Crippen molar-refractivity contribution in [2.24, 2.45) is 11.1 Å². The molecule has 9 nitrogen and oxygen atoms in total. The molecule has 2 aliphatic rings. The molecular formula is C19H26N4O5S. The standard InChI is InChI=1S/C19H26N4O5S/c20-17(25)19(9-3-1-4-10-19)18(26)23(14-7-6-11-21-13-15(14)24)29(27,28)16-8-2-5-12-22-16/h2,5,8,12,14,21H,1,3-4,6-7,9-11,13H2,(H2,20,25)/t14-/m1/s1. The van der Waals surface area contributed by atoms with Gasteiger partial charge in [0.15, 0.2) is 10.8 Å². The van der Waals surface area contributed by atoms with E-state index in [1.54, 1.807) is 6.07 Å². The number of nitrogens with one attached hydrogen (secondary N) is 1. The van der Waals surface area contributed by atoms with E-state index >= 15 is 0 Å².